The summed E-state index contributed by atoms with van der Waals surface area (Å²) in [4.78, 5) is 0.408. The average Bonchev–Trinajstić information content (AvgIpc) is 2.74. The quantitative estimate of drug-likeness (QED) is 0.858. The maximum Gasteiger partial charge on any atom is 0.252 e. The second-order valence-electron chi connectivity index (χ2n) is 5.29. The molecule has 0 bridgehead atoms. The fourth-order valence-corrected chi connectivity index (χ4v) is 4.25. The van der Waals surface area contributed by atoms with Crippen LogP contribution in [0, 0.1) is 16.7 Å². The zero-order valence-electron chi connectivity index (χ0n) is 11.3. The summed E-state index contributed by atoms with van der Waals surface area (Å²) < 4.78 is 26.3. The first kappa shape index (κ1) is 15.2. The summed E-state index contributed by atoms with van der Waals surface area (Å²) >= 11 is 1.01. The minimum absolute atomic E-state index is 0.130. The highest BCUT2D eigenvalue weighted by atomic mass is 32.2. The molecular weight excluding hydrogens is 268 g/mol. The molecule has 0 aliphatic rings. The fourth-order valence-electron chi connectivity index (χ4n) is 1.41. The lowest BCUT2D eigenvalue weighted by Crippen LogP contribution is -2.42. The molecule has 4 nitrogen and oxygen atoms in total. The van der Waals surface area contributed by atoms with E-state index in [4.69, 9.17) is 5.26 Å². The van der Waals surface area contributed by atoms with Crippen molar-refractivity contribution in [2.45, 2.75) is 37.9 Å². The van der Waals surface area contributed by atoms with E-state index in [-0.39, 0.29) is 15.7 Å². The van der Waals surface area contributed by atoms with E-state index >= 15 is 0 Å². The van der Waals surface area contributed by atoms with Crippen LogP contribution in [0.4, 0.5) is 0 Å². The first-order valence-corrected chi connectivity index (χ1v) is 7.84. The molecule has 1 unspecified atom stereocenters. The van der Waals surface area contributed by atoms with E-state index in [1.54, 1.807) is 7.05 Å². The van der Waals surface area contributed by atoms with Gasteiger partial charge in [-0.2, -0.15) is 9.57 Å². The second kappa shape index (κ2) is 5.00. The molecule has 100 valence electrons. The van der Waals surface area contributed by atoms with Crippen LogP contribution in [0.5, 0.6) is 0 Å². The zero-order valence-corrected chi connectivity index (χ0v) is 12.9. The molecule has 0 aliphatic heterocycles. The molecule has 1 atom stereocenters. The van der Waals surface area contributed by atoms with Crippen LogP contribution in [0.3, 0.4) is 0 Å². The predicted molar refractivity (Wildman–Crippen MR) is 72.9 cm³/mol. The Balaban J connectivity index is 3.12. The number of sulfonamides is 1. The van der Waals surface area contributed by atoms with E-state index in [9.17, 15) is 8.42 Å². The minimum Gasteiger partial charge on any atom is -0.206 e. The Labute approximate surface area is 113 Å². The number of nitriles is 1. The van der Waals surface area contributed by atoms with Crippen molar-refractivity contribution >= 4 is 21.4 Å². The van der Waals surface area contributed by atoms with Crippen molar-refractivity contribution in [2.75, 3.05) is 7.05 Å². The lowest BCUT2D eigenvalue weighted by atomic mass is 9.88. The van der Waals surface area contributed by atoms with Gasteiger partial charge in [0.15, 0.2) is 0 Å². The van der Waals surface area contributed by atoms with Gasteiger partial charge in [-0.1, -0.05) is 20.8 Å². The van der Waals surface area contributed by atoms with Crippen molar-refractivity contribution in [2.24, 2.45) is 5.41 Å². The summed E-state index contributed by atoms with van der Waals surface area (Å²) in [7, 11) is -1.93. The van der Waals surface area contributed by atoms with E-state index < -0.39 is 10.0 Å². The molecule has 0 radical (unpaired) electrons. The fraction of sp³-hybridized carbons (Fsp3) is 0.583. The van der Waals surface area contributed by atoms with Gasteiger partial charge in [0.25, 0.3) is 10.0 Å². The molecule has 0 aromatic carbocycles. The lowest BCUT2D eigenvalue weighted by molar-refractivity contribution is 0.217. The van der Waals surface area contributed by atoms with Crippen molar-refractivity contribution in [1.29, 1.82) is 5.26 Å². The monoisotopic (exact) mass is 286 g/mol. The molecular formula is C12H18N2O2S2. The van der Waals surface area contributed by atoms with Gasteiger partial charge in [-0.05, 0) is 24.5 Å². The topological polar surface area (TPSA) is 61.2 Å². The molecule has 1 rings (SSSR count). The maximum atomic E-state index is 12.4. The van der Waals surface area contributed by atoms with Gasteiger partial charge >= 0.3 is 0 Å². The molecule has 1 aromatic rings. The molecule has 0 amide bonds. The minimum atomic E-state index is -3.51. The Morgan fingerprint density at radius 2 is 1.94 bits per heavy atom. The van der Waals surface area contributed by atoms with Gasteiger partial charge in [-0.3, -0.25) is 0 Å². The van der Waals surface area contributed by atoms with Gasteiger partial charge < -0.3 is 0 Å². The van der Waals surface area contributed by atoms with Crippen LogP contribution in [0.25, 0.3) is 0 Å². The van der Waals surface area contributed by atoms with Crippen LogP contribution < -0.4 is 0 Å². The first-order chi connectivity index (χ1) is 8.10. The van der Waals surface area contributed by atoms with Crippen molar-refractivity contribution in [3.8, 4) is 6.07 Å². The summed E-state index contributed by atoms with van der Waals surface area (Å²) in [6.45, 7) is 7.88. The largest absolute Gasteiger partial charge is 0.252 e. The Morgan fingerprint density at radius 3 is 2.33 bits per heavy atom. The number of hydrogen-bond acceptors (Lipinski definition) is 4. The number of rotatable bonds is 3. The third-order valence-corrected chi connectivity index (χ3v) is 6.51. The molecule has 0 N–H and O–H groups in total. The van der Waals surface area contributed by atoms with Crippen LogP contribution in [0.1, 0.15) is 32.6 Å². The lowest BCUT2D eigenvalue weighted by Gasteiger charge is -2.34. The highest BCUT2D eigenvalue weighted by Gasteiger charge is 2.33. The highest BCUT2D eigenvalue weighted by Crippen LogP contribution is 2.30. The van der Waals surface area contributed by atoms with E-state index in [0.717, 1.165) is 11.3 Å². The van der Waals surface area contributed by atoms with Crippen LogP contribution in [0.15, 0.2) is 16.3 Å². The Hall–Kier alpha value is -0.900. The van der Waals surface area contributed by atoms with Gasteiger partial charge in [0.05, 0.1) is 0 Å². The SMILES string of the molecule is CC(N(C)S(=O)(=O)c1ccc(C#N)s1)C(C)(C)C. The normalized spacial score (nSPS) is 14.5. The molecule has 0 spiro atoms. The zero-order chi connectivity index (χ0) is 14.1. The van der Waals surface area contributed by atoms with E-state index in [1.165, 1.54) is 16.4 Å². The van der Waals surface area contributed by atoms with Crippen molar-refractivity contribution in [1.82, 2.24) is 4.31 Å². The van der Waals surface area contributed by atoms with Crippen molar-refractivity contribution < 1.29 is 8.42 Å². The molecule has 1 aromatic heterocycles. The smallest absolute Gasteiger partial charge is 0.206 e. The summed E-state index contributed by atoms with van der Waals surface area (Å²) in [6, 6.07) is 4.85. The molecule has 0 saturated heterocycles. The predicted octanol–water partition coefficient (Wildman–Crippen LogP) is 2.67. The van der Waals surface area contributed by atoms with E-state index in [0.29, 0.717) is 4.88 Å². The molecule has 1 heterocycles. The van der Waals surface area contributed by atoms with Crippen LogP contribution in [-0.2, 0) is 10.0 Å². The summed E-state index contributed by atoms with van der Waals surface area (Å²) in [5.41, 5.74) is -0.142. The van der Waals surface area contributed by atoms with E-state index in [1.807, 2.05) is 33.8 Å². The van der Waals surface area contributed by atoms with E-state index in [2.05, 4.69) is 0 Å². The average molecular weight is 286 g/mol. The van der Waals surface area contributed by atoms with Crippen LogP contribution in [0.2, 0.25) is 0 Å². The van der Waals surface area contributed by atoms with Crippen molar-refractivity contribution in [3.05, 3.63) is 17.0 Å². The van der Waals surface area contributed by atoms with Gasteiger partial charge in [-0.25, -0.2) is 8.42 Å². The first-order valence-electron chi connectivity index (χ1n) is 5.58. The molecule has 6 heteroatoms. The standard InChI is InChI=1S/C12H18N2O2S2/c1-9(12(2,3)4)14(5)18(15,16)11-7-6-10(8-13)17-11/h6-7,9H,1-5H3. The Bertz CT molecular complexity index is 562. The number of hydrogen-bond donors (Lipinski definition) is 0. The third-order valence-electron chi connectivity index (χ3n) is 3.12. The summed E-state index contributed by atoms with van der Waals surface area (Å²) in [6.07, 6.45) is 0. The second-order valence-corrected chi connectivity index (χ2v) is 8.60. The summed E-state index contributed by atoms with van der Waals surface area (Å²) in [5, 5.41) is 8.75. The van der Waals surface area contributed by atoms with Gasteiger partial charge in [0.2, 0.25) is 0 Å². The maximum absolute atomic E-state index is 12.4. The van der Waals surface area contributed by atoms with Gasteiger partial charge in [0, 0.05) is 13.1 Å². The number of nitrogens with zero attached hydrogens (tertiary/aromatic N) is 2. The molecule has 0 saturated carbocycles. The number of thiophene rings is 1. The highest BCUT2D eigenvalue weighted by molar-refractivity contribution is 7.91. The summed E-state index contributed by atoms with van der Waals surface area (Å²) in [5.74, 6) is 0. The molecule has 18 heavy (non-hydrogen) atoms. The van der Waals surface area contributed by atoms with Crippen LogP contribution in [-0.4, -0.2) is 25.8 Å². The Kier molecular flexibility index (Phi) is 4.21. The van der Waals surface area contributed by atoms with Gasteiger partial charge in [0.1, 0.15) is 15.2 Å². The van der Waals surface area contributed by atoms with Crippen LogP contribution >= 0.6 is 11.3 Å². The third kappa shape index (κ3) is 2.91. The Morgan fingerprint density at radius 1 is 1.39 bits per heavy atom. The van der Waals surface area contributed by atoms with Crippen molar-refractivity contribution in [3.63, 3.8) is 0 Å². The molecule has 0 fully saturated rings. The van der Waals surface area contributed by atoms with Gasteiger partial charge in [-0.15, -0.1) is 11.3 Å². The molecule has 0 aliphatic carbocycles.